The molecular formula is C20H24N3+. The van der Waals surface area contributed by atoms with Crippen molar-refractivity contribution in [2.24, 2.45) is 10.7 Å². The summed E-state index contributed by atoms with van der Waals surface area (Å²) in [6, 6.07) is 21.3. The van der Waals surface area contributed by atoms with Crippen LogP contribution < -0.4 is 10.2 Å². The van der Waals surface area contributed by atoms with E-state index in [2.05, 4.69) is 67.6 Å². The molecule has 1 heterocycles. The zero-order chi connectivity index (χ0) is 16.1. The van der Waals surface area contributed by atoms with E-state index in [0.717, 1.165) is 25.2 Å². The first-order valence-electron chi connectivity index (χ1n) is 8.19. The van der Waals surface area contributed by atoms with Gasteiger partial charge in [-0.25, -0.2) is 9.48 Å². The quantitative estimate of drug-likeness (QED) is 0.809. The Morgan fingerprint density at radius 1 is 0.913 bits per heavy atom. The molecule has 0 saturated carbocycles. The number of para-hydroxylation sites is 1. The SMILES string of the molecule is CC1=CN=C(CCN)[N+]1(CCc1ccccc1)c1ccccc1. The van der Waals surface area contributed by atoms with Gasteiger partial charge in [-0.05, 0) is 17.7 Å². The van der Waals surface area contributed by atoms with Gasteiger partial charge in [0.25, 0.3) is 0 Å². The highest BCUT2D eigenvalue weighted by Gasteiger charge is 2.41. The molecule has 2 N–H and O–H groups in total. The molecule has 0 saturated heterocycles. The highest BCUT2D eigenvalue weighted by molar-refractivity contribution is 5.98. The minimum atomic E-state index is 0.623. The number of nitrogens with two attached hydrogens (primary N) is 1. The van der Waals surface area contributed by atoms with Gasteiger partial charge >= 0.3 is 0 Å². The van der Waals surface area contributed by atoms with Crippen LogP contribution in [0, 0.1) is 0 Å². The maximum Gasteiger partial charge on any atom is 0.214 e. The van der Waals surface area contributed by atoms with Gasteiger partial charge in [0.15, 0.2) is 0 Å². The molecule has 0 spiro atoms. The van der Waals surface area contributed by atoms with Crippen molar-refractivity contribution < 1.29 is 0 Å². The van der Waals surface area contributed by atoms with E-state index in [9.17, 15) is 0 Å². The summed E-state index contributed by atoms with van der Waals surface area (Å²) in [7, 11) is 0. The second-order valence-electron chi connectivity index (χ2n) is 5.96. The van der Waals surface area contributed by atoms with Crippen molar-refractivity contribution in [1.82, 2.24) is 4.48 Å². The van der Waals surface area contributed by atoms with Gasteiger partial charge in [-0.3, -0.25) is 0 Å². The van der Waals surface area contributed by atoms with Crippen LogP contribution in [0.2, 0.25) is 0 Å². The second kappa shape index (κ2) is 6.90. The lowest BCUT2D eigenvalue weighted by atomic mass is 10.1. The average molecular weight is 306 g/mol. The molecule has 0 fully saturated rings. The van der Waals surface area contributed by atoms with Gasteiger partial charge in [0, 0.05) is 19.9 Å². The van der Waals surface area contributed by atoms with E-state index in [4.69, 9.17) is 10.7 Å². The highest BCUT2D eigenvalue weighted by atomic mass is 15.4. The van der Waals surface area contributed by atoms with E-state index >= 15 is 0 Å². The topological polar surface area (TPSA) is 38.4 Å². The molecular weight excluding hydrogens is 282 g/mol. The largest absolute Gasteiger partial charge is 0.330 e. The number of hydrogen-bond acceptors (Lipinski definition) is 2. The lowest BCUT2D eigenvalue weighted by Crippen LogP contribution is -2.52. The molecule has 1 aliphatic heterocycles. The smallest absolute Gasteiger partial charge is 0.214 e. The van der Waals surface area contributed by atoms with Crippen LogP contribution in [0.25, 0.3) is 0 Å². The van der Waals surface area contributed by atoms with Crippen molar-refractivity contribution >= 4 is 11.5 Å². The third kappa shape index (κ3) is 2.98. The van der Waals surface area contributed by atoms with Crippen molar-refractivity contribution in [3.8, 4) is 0 Å². The zero-order valence-corrected chi connectivity index (χ0v) is 13.7. The van der Waals surface area contributed by atoms with Crippen molar-refractivity contribution in [1.29, 1.82) is 0 Å². The van der Waals surface area contributed by atoms with Crippen LogP contribution in [0.5, 0.6) is 0 Å². The summed E-state index contributed by atoms with van der Waals surface area (Å²) in [6.45, 7) is 3.76. The third-order valence-electron chi connectivity index (χ3n) is 4.59. The van der Waals surface area contributed by atoms with E-state index in [0.29, 0.717) is 11.0 Å². The summed E-state index contributed by atoms with van der Waals surface area (Å²) in [6.07, 6.45) is 3.82. The first-order chi connectivity index (χ1) is 11.3. The van der Waals surface area contributed by atoms with Crippen molar-refractivity contribution in [2.45, 2.75) is 19.8 Å². The lowest BCUT2D eigenvalue weighted by molar-refractivity contribution is 0.499. The molecule has 1 aliphatic rings. The monoisotopic (exact) mass is 306 g/mol. The lowest BCUT2D eigenvalue weighted by Gasteiger charge is -2.35. The second-order valence-corrected chi connectivity index (χ2v) is 5.96. The van der Waals surface area contributed by atoms with Gasteiger partial charge < -0.3 is 5.73 Å². The van der Waals surface area contributed by atoms with Gasteiger partial charge in [0.2, 0.25) is 5.84 Å². The molecule has 0 aromatic heterocycles. The first kappa shape index (κ1) is 15.7. The fourth-order valence-corrected chi connectivity index (χ4v) is 3.36. The Balaban J connectivity index is 1.97. The summed E-state index contributed by atoms with van der Waals surface area (Å²) in [5.41, 5.74) is 9.73. The van der Waals surface area contributed by atoms with Crippen LogP contribution in [0.15, 0.2) is 77.6 Å². The Morgan fingerprint density at radius 3 is 2.22 bits per heavy atom. The average Bonchev–Trinajstić information content (AvgIpc) is 2.92. The normalized spacial score (nSPS) is 20.3. The fraction of sp³-hybridized carbons (Fsp3) is 0.250. The van der Waals surface area contributed by atoms with Crippen LogP contribution in [0.3, 0.4) is 0 Å². The van der Waals surface area contributed by atoms with Crippen molar-refractivity contribution in [3.05, 3.63) is 78.1 Å². The number of nitrogens with zero attached hydrogens (tertiary/aromatic N) is 2. The Kier molecular flexibility index (Phi) is 4.70. The van der Waals surface area contributed by atoms with Crippen LogP contribution >= 0.6 is 0 Å². The molecule has 0 bridgehead atoms. The Hall–Kier alpha value is -2.23. The van der Waals surface area contributed by atoms with Crippen LogP contribution in [-0.2, 0) is 6.42 Å². The molecule has 0 aliphatic carbocycles. The highest BCUT2D eigenvalue weighted by Crippen LogP contribution is 2.34. The molecule has 3 nitrogen and oxygen atoms in total. The van der Waals surface area contributed by atoms with Gasteiger partial charge in [0.1, 0.15) is 11.4 Å². The Morgan fingerprint density at radius 2 is 1.57 bits per heavy atom. The van der Waals surface area contributed by atoms with E-state index in [1.807, 2.05) is 6.20 Å². The first-order valence-corrected chi connectivity index (χ1v) is 8.19. The Labute approximate surface area is 138 Å². The maximum atomic E-state index is 5.85. The number of quaternary nitrogens is 1. The summed E-state index contributed by atoms with van der Waals surface area (Å²) in [5, 5.41) is 0. The van der Waals surface area contributed by atoms with Crippen LogP contribution in [0.1, 0.15) is 18.9 Å². The van der Waals surface area contributed by atoms with E-state index in [1.54, 1.807) is 0 Å². The molecule has 23 heavy (non-hydrogen) atoms. The Bertz CT molecular complexity index is 704. The summed E-state index contributed by atoms with van der Waals surface area (Å²) >= 11 is 0. The predicted octanol–water partition coefficient (Wildman–Crippen LogP) is 3.86. The van der Waals surface area contributed by atoms with Gasteiger partial charge in [-0.2, -0.15) is 0 Å². The predicted molar refractivity (Wildman–Crippen MR) is 98.1 cm³/mol. The van der Waals surface area contributed by atoms with Gasteiger partial charge in [-0.15, -0.1) is 0 Å². The summed E-state index contributed by atoms with van der Waals surface area (Å²) < 4.78 is 0.715. The van der Waals surface area contributed by atoms with Gasteiger partial charge in [0.05, 0.1) is 19.2 Å². The fourth-order valence-electron chi connectivity index (χ4n) is 3.36. The van der Waals surface area contributed by atoms with E-state index < -0.39 is 0 Å². The molecule has 1 unspecified atom stereocenters. The molecule has 3 rings (SSSR count). The number of allylic oxidation sites excluding steroid dienone is 1. The number of rotatable bonds is 6. The van der Waals surface area contributed by atoms with Gasteiger partial charge in [-0.1, -0.05) is 48.5 Å². The molecule has 3 heteroatoms. The number of aliphatic imine (C=N–C) groups is 1. The molecule has 0 amide bonds. The molecule has 0 radical (unpaired) electrons. The number of amidine groups is 1. The molecule has 2 aromatic carbocycles. The van der Waals surface area contributed by atoms with E-state index in [1.165, 1.54) is 16.9 Å². The standard InChI is InChI=1S/C20H24N3/c1-17-16-22-20(12-14-21)23(17,19-10-6-3-7-11-19)15-13-18-8-4-2-5-9-18/h2-11,16H,12-15,21H2,1H3/q+1. The van der Waals surface area contributed by atoms with Crippen LogP contribution in [0.4, 0.5) is 5.69 Å². The number of hydrogen-bond donors (Lipinski definition) is 1. The zero-order valence-electron chi connectivity index (χ0n) is 13.7. The van der Waals surface area contributed by atoms with E-state index in [-0.39, 0.29) is 0 Å². The minimum Gasteiger partial charge on any atom is -0.330 e. The molecule has 118 valence electrons. The summed E-state index contributed by atoms with van der Waals surface area (Å²) in [5.74, 6) is 1.15. The van der Waals surface area contributed by atoms with Crippen molar-refractivity contribution in [2.75, 3.05) is 13.1 Å². The third-order valence-corrected chi connectivity index (χ3v) is 4.59. The molecule has 2 aromatic rings. The van der Waals surface area contributed by atoms with Crippen LogP contribution in [-0.4, -0.2) is 18.9 Å². The maximum absolute atomic E-state index is 5.85. The minimum absolute atomic E-state index is 0.623. The summed E-state index contributed by atoms with van der Waals surface area (Å²) in [4.78, 5) is 4.70. The molecule has 1 atom stereocenters. The van der Waals surface area contributed by atoms with Crippen molar-refractivity contribution in [3.63, 3.8) is 0 Å². The number of benzene rings is 2.